The van der Waals surface area contributed by atoms with E-state index in [1.54, 1.807) is 15.7 Å². The number of likely N-dealkylation sites (N-methyl/N-ethyl adjacent to an activating group) is 1. The molecular formula is C14H31N3O3S. The third kappa shape index (κ3) is 5.49. The Balaban J connectivity index is 2.90. The van der Waals surface area contributed by atoms with Crippen LogP contribution in [-0.4, -0.2) is 70.0 Å². The Morgan fingerprint density at radius 2 is 2.10 bits per heavy atom. The van der Waals surface area contributed by atoms with Crippen molar-refractivity contribution in [2.45, 2.75) is 39.2 Å². The van der Waals surface area contributed by atoms with Crippen LogP contribution in [0.15, 0.2) is 0 Å². The first-order chi connectivity index (χ1) is 9.93. The highest BCUT2D eigenvalue weighted by molar-refractivity contribution is 7.86. The molecular weight excluding hydrogens is 290 g/mol. The van der Waals surface area contributed by atoms with Crippen LogP contribution in [0, 0.1) is 5.92 Å². The number of ether oxygens (including phenoxy) is 1. The maximum absolute atomic E-state index is 13.0. The molecule has 1 N–H and O–H groups in total. The molecule has 21 heavy (non-hydrogen) atoms. The summed E-state index contributed by atoms with van der Waals surface area (Å²) >= 11 is 0. The van der Waals surface area contributed by atoms with Crippen LogP contribution < -0.4 is 5.32 Å². The average molecular weight is 321 g/mol. The second kappa shape index (κ2) is 9.05. The molecule has 126 valence electrons. The molecule has 0 saturated carbocycles. The second-order valence-electron chi connectivity index (χ2n) is 6.07. The molecule has 0 amide bonds. The van der Waals surface area contributed by atoms with Crippen molar-refractivity contribution in [2.24, 2.45) is 5.92 Å². The lowest BCUT2D eigenvalue weighted by Gasteiger charge is -2.38. The summed E-state index contributed by atoms with van der Waals surface area (Å²) in [6.07, 6.45) is 2.97. The lowest BCUT2D eigenvalue weighted by molar-refractivity contribution is 0.165. The lowest BCUT2D eigenvalue weighted by atomic mass is 10.1. The molecule has 1 atom stereocenters. The second-order valence-corrected chi connectivity index (χ2v) is 7.95. The molecule has 0 aromatic heterocycles. The van der Waals surface area contributed by atoms with E-state index in [4.69, 9.17) is 4.74 Å². The fourth-order valence-corrected chi connectivity index (χ4v) is 4.77. The number of nitrogens with one attached hydrogen (secondary N) is 1. The summed E-state index contributed by atoms with van der Waals surface area (Å²) in [5, 5.41) is 3.11. The first kappa shape index (κ1) is 18.8. The Hall–Kier alpha value is -0.210. The summed E-state index contributed by atoms with van der Waals surface area (Å²) in [5.41, 5.74) is 0. The lowest BCUT2D eigenvalue weighted by Crippen LogP contribution is -2.54. The molecule has 0 aromatic rings. The molecule has 6 nitrogen and oxygen atoms in total. The Kier molecular flexibility index (Phi) is 8.12. The van der Waals surface area contributed by atoms with Gasteiger partial charge in [0.2, 0.25) is 0 Å². The Labute approximate surface area is 130 Å². The topological polar surface area (TPSA) is 61.9 Å². The maximum atomic E-state index is 13.0. The van der Waals surface area contributed by atoms with Gasteiger partial charge < -0.3 is 10.1 Å². The molecule has 1 unspecified atom stereocenters. The van der Waals surface area contributed by atoms with Crippen molar-refractivity contribution in [1.29, 1.82) is 0 Å². The van der Waals surface area contributed by atoms with Crippen LogP contribution in [0.5, 0.6) is 0 Å². The molecule has 1 rings (SSSR count). The molecule has 1 aliphatic rings. The van der Waals surface area contributed by atoms with Crippen molar-refractivity contribution in [2.75, 3.05) is 46.9 Å². The van der Waals surface area contributed by atoms with Crippen molar-refractivity contribution in [3.05, 3.63) is 0 Å². The predicted octanol–water partition coefficient (Wildman–Crippen LogP) is 0.910. The standard InChI is InChI=1S/C14H31N3O3S/c1-13(2)12-16(9-10-20-4)21(18,19)17-8-6-5-7-14(17)11-15-3/h13-15H,5-12H2,1-4H3. The molecule has 0 bridgehead atoms. The molecule has 1 fully saturated rings. The zero-order valence-electron chi connectivity index (χ0n) is 13.8. The monoisotopic (exact) mass is 321 g/mol. The van der Waals surface area contributed by atoms with Crippen LogP contribution in [0.3, 0.4) is 0 Å². The molecule has 1 heterocycles. The summed E-state index contributed by atoms with van der Waals surface area (Å²) in [6.45, 7) is 6.78. The first-order valence-electron chi connectivity index (χ1n) is 7.84. The SMILES string of the molecule is CNCC1CCCCN1S(=O)(=O)N(CCOC)CC(C)C. The summed E-state index contributed by atoms with van der Waals surface area (Å²) in [4.78, 5) is 0. The Morgan fingerprint density at radius 1 is 1.38 bits per heavy atom. The van der Waals surface area contributed by atoms with E-state index in [9.17, 15) is 8.42 Å². The van der Waals surface area contributed by atoms with Crippen LogP contribution in [0.1, 0.15) is 33.1 Å². The summed E-state index contributed by atoms with van der Waals surface area (Å²) in [6, 6.07) is 0.0611. The predicted molar refractivity (Wildman–Crippen MR) is 85.5 cm³/mol. The zero-order chi connectivity index (χ0) is 15.9. The van der Waals surface area contributed by atoms with Gasteiger partial charge in [-0.3, -0.25) is 0 Å². The van der Waals surface area contributed by atoms with Gasteiger partial charge in [-0.1, -0.05) is 20.3 Å². The minimum atomic E-state index is -3.42. The summed E-state index contributed by atoms with van der Waals surface area (Å²) in [7, 11) is 0.0572. The highest BCUT2D eigenvalue weighted by atomic mass is 32.2. The molecule has 0 radical (unpaired) electrons. The maximum Gasteiger partial charge on any atom is 0.282 e. The minimum Gasteiger partial charge on any atom is -0.383 e. The van der Waals surface area contributed by atoms with E-state index in [0.717, 1.165) is 19.3 Å². The van der Waals surface area contributed by atoms with Crippen LogP contribution in [0.4, 0.5) is 0 Å². The van der Waals surface area contributed by atoms with Crippen molar-refractivity contribution < 1.29 is 13.2 Å². The van der Waals surface area contributed by atoms with Gasteiger partial charge in [0.25, 0.3) is 10.2 Å². The van der Waals surface area contributed by atoms with Gasteiger partial charge in [0.05, 0.1) is 6.61 Å². The molecule has 0 aliphatic carbocycles. The van der Waals surface area contributed by atoms with Gasteiger partial charge >= 0.3 is 0 Å². The molecule has 7 heteroatoms. The van der Waals surface area contributed by atoms with Gasteiger partial charge in [-0.15, -0.1) is 0 Å². The zero-order valence-corrected chi connectivity index (χ0v) is 14.7. The number of methoxy groups -OCH3 is 1. The fraction of sp³-hybridized carbons (Fsp3) is 1.00. The third-order valence-corrected chi connectivity index (χ3v) is 5.81. The Bertz CT molecular complexity index is 385. The summed E-state index contributed by atoms with van der Waals surface area (Å²) in [5.74, 6) is 0.296. The average Bonchev–Trinajstić information content (AvgIpc) is 2.43. The summed E-state index contributed by atoms with van der Waals surface area (Å²) < 4.78 is 34.3. The smallest absolute Gasteiger partial charge is 0.282 e. The van der Waals surface area contributed by atoms with E-state index < -0.39 is 10.2 Å². The van der Waals surface area contributed by atoms with Gasteiger partial charge in [-0.05, 0) is 25.8 Å². The highest BCUT2D eigenvalue weighted by Crippen LogP contribution is 2.23. The number of nitrogens with zero attached hydrogens (tertiary/aromatic N) is 2. The van der Waals surface area contributed by atoms with Crippen LogP contribution in [0.2, 0.25) is 0 Å². The number of hydrogen-bond donors (Lipinski definition) is 1. The molecule has 0 aromatic carbocycles. The van der Waals surface area contributed by atoms with Gasteiger partial charge in [0.15, 0.2) is 0 Å². The van der Waals surface area contributed by atoms with Gasteiger partial charge in [-0.25, -0.2) is 0 Å². The van der Waals surface area contributed by atoms with Crippen molar-refractivity contribution in [3.8, 4) is 0 Å². The van der Waals surface area contributed by atoms with Crippen molar-refractivity contribution >= 4 is 10.2 Å². The van der Waals surface area contributed by atoms with Gasteiger partial charge in [0, 0.05) is 39.3 Å². The van der Waals surface area contributed by atoms with Crippen molar-refractivity contribution in [3.63, 3.8) is 0 Å². The van der Waals surface area contributed by atoms with Crippen LogP contribution in [-0.2, 0) is 14.9 Å². The third-order valence-electron chi connectivity index (χ3n) is 3.75. The normalized spacial score (nSPS) is 21.3. The van der Waals surface area contributed by atoms with E-state index >= 15 is 0 Å². The van der Waals surface area contributed by atoms with E-state index in [1.807, 2.05) is 20.9 Å². The van der Waals surface area contributed by atoms with Gasteiger partial charge in [0.1, 0.15) is 0 Å². The largest absolute Gasteiger partial charge is 0.383 e. The quantitative estimate of drug-likeness (QED) is 0.686. The highest BCUT2D eigenvalue weighted by Gasteiger charge is 2.36. The molecule has 0 spiro atoms. The van der Waals surface area contributed by atoms with E-state index in [1.165, 1.54) is 0 Å². The number of hydrogen-bond acceptors (Lipinski definition) is 4. The van der Waals surface area contributed by atoms with E-state index in [2.05, 4.69) is 5.32 Å². The van der Waals surface area contributed by atoms with Crippen LogP contribution in [0.25, 0.3) is 0 Å². The number of piperidine rings is 1. The molecule has 1 aliphatic heterocycles. The van der Waals surface area contributed by atoms with E-state index in [-0.39, 0.29) is 6.04 Å². The first-order valence-corrected chi connectivity index (χ1v) is 9.23. The Morgan fingerprint density at radius 3 is 2.67 bits per heavy atom. The van der Waals surface area contributed by atoms with E-state index in [0.29, 0.717) is 38.7 Å². The molecule has 1 saturated heterocycles. The fourth-order valence-electron chi connectivity index (χ4n) is 2.77. The minimum absolute atomic E-state index is 0.0611. The van der Waals surface area contributed by atoms with Crippen molar-refractivity contribution in [1.82, 2.24) is 13.9 Å². The van der Waals surface area contributed by atoms with Crippen LogP contribution >= 0.6 is 0 Å². The van der Waals surface area contributed by atoms with Gasteiger partial charge in [-0.2, -0.15) is 17.0 Å². The number of rotatable bonds is 9.